The summed E-state index contributed by atoms with van der Waals surface area (Å²) in [5.74, 6) is 0.827. The molecule has 0 radical (unpaired) electrons. The number of aliphatic hydroxyl groups is 1. The first-order chi connectivity index (χ1) is 15.8. The van der Waals surface area contributed by atoms with Crippen LogP contribution in [0.3, 0.4) is 0 Å². The van der Waals surface area contributed by atoms with E-state index in [9.17, 15) is 18.3 Å². The molecule has 180 valence electrons. The number of halogens is 4. The number of piperidine rings is 3. The topological polar surface area (TPSA) is 33.1 Å². The van der Waals surface area contributed by atoms with Crippen LogP contribution in [0.5, 0.6) is 0 Å². The van der Waals surface area contributed by atoms with Gasteiger partial charge in [0.25, 0.3) is 0 Å². The molecule has 3 aliphatic rings. The van der Waals surface area contributed by atoms with Crippen LogP contribution in [0.4, 0.5) is 13.2 Å². The number of benzene rings is 2. The lowest BCUT2D eigenvalue weighted by molar-refractivity contribution is -0.984. The number of hydrogen-bond donors (Lipinski definition) is 1. The van der Waals surface area contributed by atoms with Crippen LogP contribution in [0.1, 0.15) is 35.6 Å². The summed E-state index contributed by atoms with van der Waals surface area (Å²) in [7, 11) is 0. The zero-order chi connectivity index (χ0) is 23.2. The minimum Gasteiger partial charge on any atom is -1.00 e. The maximum atomic E-state index is 13.1. The monoisotopic (exact) mass is 532 g/mol. The minimum absolute atomic E-state index is 0. The third kappa shape index (κ3) is 4.41. The number of pyridine rings is 1. The van der Waals surface area contributed by atoms with Crippen LogP contribution in [0, 0.1) is 11.8 Å². The van der Waals surface area contributed by atoms with Crippen molar-refractivity contribution in [2.75, 3.05) is 13.1 Å². The number of rotatable bonds is 5. The third-order valence-electron chi connectivity index (χ3n) is 7.82. The Hall–Kier alpha value is -2.22. The molecule has 5 atom stereocenters. The molecule has 0 spiro atoms. The van der Waals surface area contributed by atoms with Crippen LogP contribution in [-0.4, -0.2) is 33.7 Å². The summed E-state index contributed by atoms with van der Waals surface area (Å²) in [5.41, 5.74) is 1.96. The molecule has 6 rings (SSSR count). The summed E-state index contributed by atoms with van der Waals surface area (Å²) in [6.07, 6.45) is 0.648. The first-order valence-electron chi connectivity index (χ1n) is 11.5. The van der Waals surface area contributed by atoms with Gasteiger partial charge in [-0.2, -0.15) is 13.2 Å². The number of aromatic nitrogens is 1. The quantitative estimate of drug-likeness (QED) is 0.405. The van der Waals surface area contributed by atoms with Gasteiger partial charge in [-0.25, -0.2) is 0 Å². The van der Waals surface area contributed by atoms with Crippen molar-refractivity contribution in [1.29, 1.82) is 0 Å². The zero-order valence-corrected chi connectivity index (χ0v) is 20.3. The molecule has 2 bridgehead atoms. The molecule has 3 nitrogen and oxygen atoms in total. The van der Waals surface area contributed by atoms with Gasteiger partial charge in [0.1, 0.15) is 18.7 Å². The normalized spacial score (nSPS) is 27.2. The Balaban J connectivity index is 0.00000274. The van der Waals surface area contributed by atoms with E-state index in [4.69, 9.17) is 0 Å². The second-order valence-electron chi connectivity index (χ2n) is 9.59. The average Bonchev–Trinajstić information content (AvgIpc) is 2.83. The van der Waals surface area contributed by atoms with Crippen molar-refractivity contribution in [3.8, 4) is 0 Å². The minimum atomic E-state index is -4.34. The SMILES string of the molecule is C=CC1C[N+]2(Cc3ccc(C(F)(F)F)cc3)CCC1CC2[C@H](O)c1ccnc2ccccc12.[Br-]. The number of alkyl halides is 3. The number of hydrogen-bond acceptors (Lipinski definition) is 2. The molecule has 0 saturated carbocycles. The zero-order valence-electron chi connectivity index (χ0n) is 18.8. The predicted molar refractivity (Wildman–Crippen MR) is 122 cm³/mol. The molecule has 1 aromatic heterocycles. The fraction of sp³-hybridized carbons (Fsp3) is 0.370. The Labute approximate surface area is 208 Å². The molecule has 3 aromatic rings. The van der Waals surface area contributed by atoms with Crippen LogP contribution >= 0.6 is 0 Å². The largest absolute Gasteiger partial charge is 1.00 e. The first kappa shape index (κ1) is 24.9. The molecule has 4 unspecified atom stereocenters. The Bertz CT molecular complexity index is 1160. The lowest BCUT2D eigenvalue weighted by Crippen LogP contribution is -3.00. The lowest BCUT2D eigenvalue weighted by atomic mass is 9.71. The lowest BCUT2D eigenvalue weighted by Gasteiger charge is -2.58. The summed E-state index contributed by atoms with van der Waals surface area (Å²) < 4.78 is 39.8. The smallest absolute Gasteiger partial charge is 0.416 e. The van der Waals surface area contributed by atoms with Crippen molar-refractivity contribution in [2.45, 2.75) is 37.7 Å². The second kappa shape index (κ2) is 9.44. The van der Waals surface area contributed by atoms with E-state index < -0.39 is 17.8 Å². The van der Waals surface area contributed by atoms with Crippen molar-refractivity contribution in [1.82, 2.24) is 4.98 Å². The van der Waals surface area contributed by atoms with Gasteiger partial charge >= 0.3 is 6.18 Å². The molecule has 3 saturated heterocycles. The van der Waals surface area contributed by atoms with Gasteiger partial charge < -0.3 is 26.6 Å². The van der Waals surface area contributed by atoms with Gasteiger partial charge in [0.05, 0.1) is 24.2 Å². The maximum Gasteiger partial charge on any atom is 0.416 e. The molecule has 3 fully saturated rings. The first-order valence-corrected chi connectivity index (χ1v) is 11.5. The van der Waals surface area contributed by atoms with Crippen LogP contribution in [0.15, 0.2) is 73.4 Å². The maximum absolute atomic E-state index is 13.1. The summed E-state index contributed by atoms with van der Waals surface area (Å²) >= 11 is 0. The Morgan fingerprint density at radius 1 is 1.12 bits per heavy atom. The van der Waals surface area contributed by atoms with Crippen molar-refractivity contribution in [2.24, 2.45) is 11.8 Å². The van der Waals surface area contributed by atoms with Crippen molar-refractivity contribution < 1.29 is 39.7 Å². The Morgan fingerprint density at radius 2 is 1.85 bits per heavy atom. The van der Waals surface area contributed by atoms with Gasteiger partial charge in [-0.1, -0.05) is 36.4 Å². The van der Waals surface area contributed by atoms with Gasteiger partial charge in [-0.3, -0.25) is 4.98 Å². The van der Waals surface area contributed by atoms with Gasteiger partial charge in [-0.15, -0.1) is 6.58 Å². The summed E-state index contributed by atoms with van der Waals surface area (Å²) in [4.78, 5) is 4.43. The second-order valence-corrected chi connectivity index (χ2v) is 9.59. The Morgan fingerprint density at radius 3 is 2.56 bits per heavy atom. The van der Waals surface area contributed by atoms with E-state index in [1.54, 1.807) is 18.3 Å². The van der Waals surface area contributed by atoms with E-state index in [1.807, 2.05) is 36.4 Å². The molecular weight excluding hydrogens is 505 g/mol. The number of nitrogens with zero attached hydrogens (tertiary/aromatic N) is 2. The summed E-state index contributed by atoms with van der Waals surface area (Å²) in [5, 5.41) is 12.6. The molecule has 1 N–H and O–H groups in total. The molecule has 3 aliphatic heterocycles. The highest BCUT2D eigenvalue weighted by Gasteiger charge is 2.54. The number of para-hydroxylation sites is 1. The number of fused-ring (bicyclic) bond motifs is 4. The van der Waals surface area contributed by atoms with E-state index >= 15 is 0 Å². The Kier molecular flexibility index (Phi) is 6.91. The van der Waals surface area contributed by atoms with Gasteiger partial charge in [0.15, 0.2) is 0 Å². The van der Waals surface area contributed by atoms with E-state index in [-0.39, 0.29) is 23.0 Å². The summed E-state index contributed by atoms with van der Waals surface area (Å²) in [6.45, 7) is 6.39. The third-order valence-corrected chi connectivity index (χ3v) is 7.82. The highest BCUT2D eigenvalue weighted by molar-refractivity contribution is 5.82. The standard InChI is InChI=1S/C27H28F3N2O.BrH/c1-2-19-17-32(16-18-7-9-21(10-8-18)27(28,29)30)14-12-20(19)15-25(32)26(33)23-11-13-31-24-6-4-3-5-22(23)24;/h2-11,13,19-20,25-26,33H,1,12,14-17H2;1H/q+1;/p-1/t19?,20?,25?,26-,32?;/m1./s1. The van der Waals surface area contributed by atoms with Crippen molar-refractivity contribution >= 4 is 10.9 Å². The van der Waals surface area contributed by atoms with Crippen LogP contribution in [0.25, 0.3) is 10.9 Å². The predicted octanol–water partition coefficient (Wildman–Crippen LogP) is 2.90. The highest BCUT2D eigenvalue weighted by Crippen LogP contribution is 2.48. The van der Waals surface area contributed by atoms with Crippen molar-refractivity contribution in [3.05, 3.63) is 90.1 Å². The van der Waals surface area contributed by atoms with Crippen molar-refractivity contribution in [3.63, 3.8) is 0 Å². The molecule has 34 heavy (non-hydrogen) atoms. The number of aliphatic hydroxyl groups excluding tert-OH is 1. The van der Waals surface area contributed by atoms with Gasteiger partial charge in [0.2, 0.25) is 0 Å². The van der Waals surface area contributed by atoms with E-state index in [0.29, 0.717) is 22.9 Å². The van der Waals surface area contributed by atoms with Gasteiger partial charge in [-0.05, 0) is 35.7 Å². The fourth-order valence-corrected chi connectivity index (χ4v) is 6.13. The molecule has 7 heteroatoms. The fourth-order valence-electron chi connectivity index (χ4n) is 6.13. The van der Waals surface area contributed by atoms with E-state index in [2.05, 4.69) is 11.6 Å². The molecule has 0 amide bonds. The van der Waals surface area contributed by atoms with Gasteiger partial charge in [0, 0.05) is 35.9 Å². The number of quaternary nitrogens is 1. The molecule has 2 aromatic carbocycles. The molecule has 0 aliphatic carbocycles. The highest BCUT2D eigenvalue weighted by atomic mass is 79.9. The van der Waals surface area contributed by atoms with E-state index in [1.165, 1.54) is 0 Å². The summed E-state index contributed by atoms with van der Waals surface area (Å²) in [6, 6.07) is 15.2. The van der Waals surface area contributed by atoms with Crippen LogP contribution in [0.2, 0.25) is 0 Å². The molecular formula is C27H28BrF3N2O. The van der Waals surface area contributed by atoms with Crippen LogP contribution in [-0.2, 0) is 12.7 Å². The molecule has 4 heterocycles. The van der Waals surface area contributed by atoms with Crippen LogP contribution < -0.4 is 17.0 Å². The van der Waals surface area contributed by atoms with E-state index in [0.717, 1.165) is 60.1 Å². The average molecular weight is 533 g/mol.